The van der Waals surface area contributed by atoms with E-state index in [1.807, 2.05) is 0 Å². The monoisotopic (exact) mass is 382 g/mol. The summed E-state index contributed by atoms with van der Waals surface area (Å²) in [6.07, 6.45) is 10.5. The van der Waals surface area contributed by atoms with Crippen LogP contribution >= 0.6 is 15.9 Å². The van der Waals surface area contributed by atoms with Gasteiger partial charge in [0.15, 0.2) is 0 Å². The third kappa shape index (κ3) is 11.8. The highest BCUT2D eigenvalue weighted by Gasteiger charge is 1.89. The maximum atomic E-state index is 12.4. The molecule has 2 rings (SSSR count). The molecule has 0 aliphatic carbocycles. The highest BCUT2D eigenvalue weighted by Crippen LogP contribution is 2.07. The van der Waals surface area contributed by atoms with E-state index in [9.17, 15) is 13.6 Å². The van der Waals surface area contributed by atoms with E-state index in [4.69, 9.17) is 4.79 Å². The lowest BCUT2D eigenvalue weighted by molar-refractivity contribution is -0.104. The van der Waals surface area contributed by atoms with Gasteiger partial charge in [-0.15, -0.1) is 0 Å². The summed E-state index contributed by atoms with van der Waals surface area (Å²) >= 11 is 3.06. The summed E-state index contributed by atoms with van der Waals surface area (Å²) in [6.45, 7) is 3.11. The van der Waals surface area contributed by atoms with Gasteiger partial charge in [0, 0.05) is 16.9 Å². The van der Waals surface area contributed by atoms with Crippen molar-refractivity contribution < 1.29 is 18.4 Å². The maximum absolute atomic E-state index is 12.4. The number of nitrogens with zero attached hydrogens (tertiary/aromatic N) is 2. The molecule has 0 saturated heterocycles. The second kappa shape index (κ2) is 13.1. The molecule has 0 spiro atoms. The molecule has 0 fully saturated rings. The summed E-state index contributed by atoms with van der Waals surface area (Å²) in [7, 11) is 0. The predicted molar refractivity (Wildman–Crippen MR) is 87.4 cm³/mol. The largest absolute Gasteiger partial charge is 0.299 e. The summed E-state index contributed by atoms with van der Waals surface area (Å²) in [5.74, 6) is -0.725. The molecule has 120 valence electrons. The van der Waals surface area contributed by atoms with E-state index in [1.54, 1.807) is 0 Å². The Morgan fingerprint density at radius 1 is 0.957 bits per heavy atom. The van der Waals surface area contributed by atoms with E-state index in [-0.39, 0.29) is 5.82 Å². The van der Waals surface area contributed by atoms with Crippen LogP contribution < -0.4 is 0 Å². The van der Waals surface area contributed by atoms with Gasteiger partial charge in [-0.3, -0.25) is 19.6 Å². The lowest BCUT2D eigenvalue weighted by Crippen LogP contribution is -1.79. The number of hydrogen-bond acceptors (Lipinski definition) is 4. The Morgan fingerprint density at radius 2 is 1.52 bits per heavy atom. The molecule has 0 aromatic carbocycles. The van der Waals surface area contributed by atoms with Crippen molar-refractivity contribution in [2.24, 2.45) is 0 Å². The number of allylic oxidation sites excluding steroid dienone is 2. The Balaban J connectivity index is 0.000000354. The summed E-state index contributed by atoms with van der Waals surface area (Å²) in [5, 5.41) is 0. The fourth-order valence-corrected chi connectivity index (χ4v) is 1.39. The van der Waals surface area contributed by atoms with E-state index in [0.717, 1.165) is 12.4 Å². The number of rotatable bonds is 3. The molecule has 2 heterocycles. The highest BCUT2D eigenvalue weighted by atomic mass is 79.9. The van der Waals surface area contributed by atoms with Crippen molar-refractivity contribution >= 4 is 34.6 Å². The van der Waals surface area contributed by atoms with Crippen LogP contribution in [0.25, 0.3) is 6.08 Å². The minimum atomic E-state index is -0.405. The Kier molecular flexibility index (Phi) is 11.7. The predicted octanol–water partition coefficient (Wildman–Crippen LogP) is 3.79. The number of carbonyl (C=O) groups excluding carboxylic acids is 2. The van der Waals surface area contributed by atoms with Crippen LogP contribution in [0.2, 0.25) is 0 Å². The van der Waals surface area contributed by atoms with Crippen LogP contribution in [0.3, 0.4) is 0 Å². The second-order valence-electron chi connectivity index (χ2n) is 3.62. The van der Waals surface area contributed by atoms with Crippen molar-refractivity contribution in [3.63, 3.8) is 0 Å². The first-order valence-electron chi connectivity index (χ1n) is 6.08. The van der Waals surface area contributed by atoms with Crippen molar-refractivity contribution in [1.82, 2.24) is 9.97 Å². The third-order valence-corrected chi connectivity index (χ3v) is 2.29. The van der Waals surface area contributed by atoms with E-state index in [1.165, 1.54) is 42.8 Å². The summed E-state index contributed by atoms with van der Waals surface area (Å²) < 4.78 is 25.1. The lowest BCUT2D eigenvalue weighted by atomic mass is 10.2. The van der Waals surface area contributed by atoms with Crippen LogP contribution in [0.15, 0.2) is 60.1 Å². The van der Waals surface area contributed by atoms with Gasteiger partial charge in [-0.05, 0) is 45.8 Å². The topological polar surface area (TPSA) is 59.9 Å². The van der Waals surface area contributed by atoms with E-state index >= 15 is 0 Å². The molecule has 0 atom stereocenters. The van der Waals surface area contributed by atoms with Crippen LogP contribution in [-0.2, 0) is 9.59 Å². The quantitative estimate of drug-likeness (QED) is 0.598. The zero-order chi connectivity index (χ0) is 17.5. The van der Waals surface area contributed by atoms with Gasteiger partial charge in [0.2, 0.25) is 0 Å². The van der Waals surface area contributed by atoms with Crippen molar-refractivity contribution in [3.8, 4) is 0 Å². The molecule has 0 radical (unpaired) electrons. The summed E-state index contributed by atoms with van der Waals surface area (Å²) in [6, 6.07) is 2.65. The van der Waals surface area contributed by atoms with Crippen molar-refractivity contribution in [3.05, 3.63) is 77.3 Å². The van der Waals surface area contributed by atoms with Gasteiger partial charge < -0.3 is 0 Å². The summed E-state index contributed by atoms with van der Waals surface area (Å²) in [4.78, 5) is 26.1. The zero-order valence-electron chi connectivity index (χ0n) is 11.9. The molecule has 0 N–H and O–H groups in total. The number of hydrogen-bond donors (Lipinski definition) is 0. The Labute approximate surface area is 140 Å². The van der Waals surface area contributed by atoms with E-state index < -0.39 is 5.82 Å². The molecule has 4 nitrogen and oxygen atoms in total. The maximum Gasteiger partial charge on any atom is 0.142 e. The molecule has 0 unspecified atom stereocenters. The van der Waals surface area contributed by atoms with Crippen LogP contribution in [0.4, 0.5) is 8.78 Å². The molecule has 0 aliphatic rings. The first kappa shape index (κ1) is 20.5. The van der Waals surface area contributed by atoms with Gasteiger partial charge in [0.1, 0.15) is 24.2 Å². The fraction of sp³-hybridized carbons (Fsp3) is 0. The van der Waals surface area contributed by atoms with Crippen molar-refractivity contribution in [2.45, 2.75) is 0 Å². The first-order valence-corrected chi connectivity index (χ1v) is 6.87. The van der Waals surface area contributed by atoms with Gasteiger partial charge in [-0.2, -0.15) is 0 Å². The van der Waals surface area contributed by atoms with Crippen LogP contribution in [0.5, 0.6) is 0 Å². The first-order chi connectivity index (χ1) is 11.0. The molecular weight excluding hydrogens is 370 g/mol. The van der Waals surface area contributed by atoms with E-state index in [0.29, 0.717) is 22.6 Å². The van der Waals surface area contributed by atoms with Crippen LogP contribution in [0.1, 0.15) is 5.56 Å². The van der Waals surface area contributed by atoms with Gasteiger partial charge in [0.25, 0.3) is 0 Å². The van der Waals surface area contributed by atoms with E-state index in [2.05, 4.69) is 32.5 Å². The molecule has 2 aromatic heterocycles. The van der Waals surface area contributed by atoms with Crippen LogP contribution in [0, 0.1) is 11.6 Å². The van der Waals surface area contributed by atoms with Crippen molar-refractivity contribution in [1.29, 1.82) is 0 Å². The number of carbonyl (C=O) groups is 2. The Bertz CT molecular complexity index is 641. The smallest absolute Gasteiger partial charge is 0.142 e. The van der Waals surface area contributed by atoms with Gasteiger partial charge >= 0.3 is 0 Å². The standard InChI is InChI=1S/C8H6FNO.C5H3BrFN.C3H4O/c9-8-4-7(2-1-3-11)5-10-6-8;6-4-1-5(7)3-8-2-4;1-2-3-4/h1-6H;1-3H;2-3H,1H2/b2-1+;;. The second-order valence-corrected chi connectivity index (χ2v) is 4.54. The lowest BCUT2D eigenvalue weighted by Gasteiger charge is -1.89. The summed E-state index contributed by atoms with van der Waals surface area (Å²) in [5.41, 5.74) is 0.581. The molecule has 0 bridgehead atoms. The fourth-order valence-electron chi connectivity index (χ4n) is 1.06. The SMILES string of the molecule is C=CC=O.Fc1cncc(Br)c1.O=C/C=C/c1cncc(F)c1. The van der Waals surface area contributed by atoms with Gasteiger partial charge in [-0.1, -0.05) is 12.7 Å². The molecule has 23 heavy (non-hydrogen) atoms. The average molecular weight is 383 g/mol. The molecule has 0 saturated carbocycles. The molecule has 2 aromatic rings. The minimum absolute atomic E-state index is 0.320. The molecule has 0 aliphatic heterocycles. The number of aromatic nitrogens is 2. The average Bonchev–Trinajstić information content (AvgIpc) is 2.53. The van der Waals surface area contributed by atoms with Crippen LogP contribution in [-0.4, -0.2) is 22.5 Å². The van der Waals surface area contributed by atoms with Gasteiger partial charge in [0.05, 0.1) is 12.4 Å². The minimum Gasteiger partial charge on any atom is -0.299 e. The van der Waals surface area contributed by atoms with Gasteiger partial charge in [-0.25, -0.2) is 8.78 Å². The Morgan fingerprint density at radius 3 is 1.91 bits per heavy atom. The normalized spacial score (nSPS) is 9.00. The zero-order valence-corrected chi connectivity index (χ0v) is 13.5. The highest BCUT2D eigenvalue weighted by molar-refractivity contribution is 9.10. The third-order valence-electron chi connectivity index (χ3n) is 1.86. The number of aldehydes is 2. The molecule has 0 amide bonds. The molecular formula is C16H13BrF2N2O2. The molecule has 7 heteroatoms. The number of pyridine rings is 2. The van der Waals surface area contributed by atoms with Crippen molar-refractivity contribution in [2.75, 3.05) is 0 Å². The Hall–Kier alpha value is -2.54. The number of halogens is 3.